The molecule has 0 saturated carbocycles. The standard InChI is InChI=1S/C19H21N3O3/c23-16-12-13-6-4-5-9-15(13)18(16)22-19(25)20-11-10-17(24)21-14-7-2-1-3-8-14/h1-9,16,18,23H,10-12H2,(H,21,24)(H2,20,22,25). The number of para-hydroxylation sites is 1. The van der Waals surface area contributed by atoms with Crippen molar-refractivity contribution in [1.82, 2.24) is 10.6 Å². The van der Waals surface area contributed by atoms with Crippen molar-refractivity contribution >= 4 is 17.6 Å². The van der Waals surface area contributed by atoms with Crippen molar-refractivity contribution in [1.29, 1.82) is 0 Å². The van der Waals surface area contributed by atoms with Crippen LogP contribution in [0, 0.1) is 0 Å². The number of anilines is 1. The molecule has 0 saturated heterocycles. The molecule has 0 bridgehead atoms. The molecule has 2 atom stereocenters. The summed E-state index contributed by atoms with van der Waals surface area (Å²) in [5.74, 6) is -0.169. The quantitative estimate of drug-likeness (QED) is 0.671. The summed E-state index contributed by atoms with van der Waals surface area (Å²) in [6.07, 6.45) is 0.0664. The summed E-state index contributed by atoms with van der Waals surface area (Å²) in [6, 6.07) is 16.0. The summed E-state index contributed by atoms with van der Waals surface area (Å²) in [5.41, 5.74) is 2.71. The molecule has 0 aliphatic heterocycles. The van der Waals surface area contributed by atoms with Crippen molar-refractivity contribution in [3.63, 3.8) is 0 Å². The Morgan fingerprint density at radius 1 is 1.04 bits per heavy atom. The van der Waals surface area contributed by atoms with Gasteiger partial charge in [0.2, 0.25) is 5.91 Å². The number of benzene rings is 2. The van der Waals surface area contributed by atoms with Crippen LogP contribution in [0.3, 0.4) is 0 Å². The van der Waals surface area contributed by atoms with E-state index in [1.807, 2.05) is 42.5 Å². The summed E-state index contributed by atoms with van der Waals surface area (Å²) in [4.78, 5) is 23.9. The summed E-state index contributed by atoms with van der Waals surface area (Å²) >= 11 is 0. The third-order valence-electron chi connectivity index (χ3n) is 4.19. The topological polar surface area (TPSA) is 90.5 Å². The second kappa shape index (κ2) is 7.81. The monoisotopic (exact) mass is 339 g/mol. The molecule has 25 heavy (non-hydrogen) atoms. The number of amides is 3. The number of carbonyl (C=O) groups excluding carboxylic acids is 2. The maximum atomic E-state index is 12.0. The molecular formula is C19H21N3O3. The third-order valence-corrected chi connectivity index (χ3v) is 4.19. The van der Waals surface area contributed by atoms with Crippen LogP contribution in [0.5, 0.6) is 0 Å². The fraction of sp³-hybridized carbons (Fsp3) is 0.263. The van der Waals surface area contributed by atoms with Gasteiger partial charge in [0.05, 0.1) is 12.1 Å². The molecule has 0 aromatic heterocycles. The normalized spacial score (nSPS) is 18.3. The second-order valence-corrected chi connectivity index (χ2v) is 6.01. The predicted octanol–water partition coefficient (Wildman–Crippen LogP) is 1.97. The number of aliphatic hydroxyl groups excluding tert-OH is 1. The Balaban J connectivity index is 1.43. The molecule has 2 aromatic carbocycles. The van der Waals surface area contributed by atoms with Crippen molar-refractivity contribution in [2.75, 3.05) is 11.9 Å². The van der Waals surface area contributed by atoms with Crippen LogP contribution >= 0.6 is 0 Å². The van der Waals surface area contributed by atoms with Crippen molar-refractivity contribution in [2.24, 2.45) is 0 Å². The van der Waals surface area contributed by atoms with E-state index >= 15 is 0 Å². The van der Waals surface area contributed by atoms with Gasteiger partial charge in [0.15, 0.2) is 0 Å². The minimum atomic E-state index is -0.635. The molecule has 0 radical (unpaired) electrons. The zero-order chi connectivity index (χ0) is 17.6. The van der Waals surface area contributed by atoms with Crippen LogP contribution < -0.4 is 16.0 Å². The lowest BCUT2D eigenvalue weighted by Crippen LogP contribution is -2.41. The van der Waals surface area contributed by atoms with E-state index in [1.54, 1.807) is 12.1 Å². The Morgan fingerprint density at radius 2 is 1.76 bits per heavy atom. The van der Waals surface area contributed by atoms with E-state index < -0.39 is 18.2 Å². The lowest BCUT2D eigenvalue weighted by molar-refractivity contribution is -0.116. The van der Waals surface area contributed by atoms with Gasteiger partial charge in [0.1, 0.15) is 0 Å². The summed E-state index contributed by atoms with van der Waals surface area (Å²) in [6.45, 7) is 0.217. The van der Waals surface area contributed by atoms with Crippen LogP contribution in [-0.4, -0.2) is 29.7 Å². The molecule has 6 heteroatoms. The third kappa shape index (κ3) is 4.36. The summed E-state index contributed by atoms with van der Waals surface area (Å²) in [7, 11) is 0. The SMILES string of the molecule is O=C(CCNC(=O)NC1c2ccccc2CC1O)Nc1ccccc1. The molecular weight excluding hydrogens is 318 g/mol. The van der Waals surface area contributed by atoms with E-state index in [-0.39, 0.29) is 18.9 Å². The first-order chi connectivity index (χ1) is 12.1. The zero-order valence-corrected chi connectivity index (χ0v) is 13.7. The minimum Gasteiger partial charge on any atom is -0.390 e. The predicted molar refractivity (Wildman–Crippen MR) is 95.1 cm³/mol. The van der Waals surface area contributed by atoms with Gasteiger partial charge in [-0.15, -0.1) is 0 Å². The Kier molecular flexibility index (Phi) is 5.30. The van der Waals surface area contributed by atoms with E-state index in [1.165, 1.54) is 0 Å². The maximum absolute atomic E-state index is 12.0. The first-order valence-corrected chi connectivity index (χ1v) is 8.28. The molecule has 4 N–H and O–H groups in total. The largest absolute Gasteiger partial charge is 0.390 e. The van der Waals surface area contributed by atoms with Crippen LogP contribution in [0.15, 0.2) is 54.6 Å². The number of aliphatic hydroxyl groups is 1. The van der Waals surface area contributed by atoms with Crippen LogP contribution in [-0.2, 0) is 11.2 Å². The molecule has 2 unspecified atom stereocenters. The van der Waals surface area contributed by atoms with Gasteiger partial charge in [-0.25, -0.2) is 4.79 Å². The van der Waals surface area contributed by atoms with Crippen molar-refractivity contribution in [2.45, 2.75) is 25.0 Å². The van der Waals surface area contributed by atoms with Crippen LogP contribution in [0.4, 0.5) is 10.5 Å². The highest BCUT2D eigenvalue weighted by Crippen LogP contribution is 2.30. The first-order valence-electron chi connectivity index (χ1n) is 8.28. The van der Waals surface area contributed by atoms with Crippen molar-refractivity contribution < 1.29 is 14.7 Å². The van der Waals surface area contributed by atoms with Gasteiger partial charge in [-0.05, 0) is 23.3 Å². The molecule has 0 spiro atoms. The van der Waals surface area contributed by atoms with Gasteiger partial charge in [0.25, 0.3) is 0 Å². The van der Waals surface area contributed by atoms with E-state index in [0.717, 1.165) is 16.8 Å². The van der Waals surface area contributed by atoms with Gasteiger partial charge in [0, 0.05) is 25.1 Å². The van der Waals surface area contributed by atoms with Crippen LogP contribution in [0.1, 0.15) is 23.6 Å². The zero-order valence-electron chi connectivity index (χ0n) is 13.7. The fourth-order valence-electron chi connectivity index (χ4n) is 2.97. The van der Waals surface area contributed by atoms with Gasteiger partial charge in [-0.3, -0.25) is 4.79 Å². The maximum Gasteiger partial charge on any atom is 0.315 e. The number of fused-ring (bicyclic) bond motifs is 1. The smallest absolute Gasteiger partial charge is 0.315 e. The first kappa shape index (κ1) is 17.0. The minimum absolute atomic E-state index is 0.169. The van der Waals surface area contributed by atoms with Crippen LogP contribution in [0.25, 0.3) is 0 Å². The fourth-order valence-corrected chi connectivity index (χ4v) is 2.97. The van der Waals surface area contributed by atoms with E-state index in [4.69, 9.17) is 0 Å². The van der Waals surface area contributed by atoms with Gasteiger partial charge >= 0.3 is 6.03 Å². The molecule has 2 aromatic rings. The molecule has 6 nitrogen and oxygen atoms in total. The van der Waals surface area contributed by atoms with Crippen molar-refractivity contribution in [3.05, 3.63) is 65.7 Å². The summed E-state index contributed by atoms with van der Waals surface area (Å²) < 4.78 is 0. The Bertz CT molecular complexity index is 749. The Morgan fingerprint density at radius 3 is 2.56 bits per heavy atom. The van der Waals surface area contributed by atoms with Gasteiger partial charge in [-0.2, -0.15) is 0 Å². The molecule has 1 aliphatic carbocycles. The van der Waals surface area contributed by atoms with Crippen molar-refractivity contribution in [3.8, 4) is 0 Å². The van der Waals surface area contributed by atoms with E-state index in [0.29, 0.717) is 6.42 Å². The average molecular weight is 339 g/mol. The number of urea groups is 1. The van der Waals surface area contributed by atoms with Gasteiger partial charge < -0.3 is 21.1 Å². The number of hydrogen-bond acceptors (Lipinski definition) is 3. The molecule has 130 valence electrons. The number of hydrogen-bond donors (Lipinski definition) is 4. The lowest BCUT2D eigenvalue weighted by Gasteiger charge is -2.18. The number of rotatable bonds is 5. The van der Waals surface area contributed by atoms with E-state index in [9.17, 15) is 14.7 Å². The molecule has 0 fully saturated rings. The van der Waals surface area contributed by atoms with E-state index in [2.05, 4.69) is 16.0 Å². The lowest BCUT2D eigenvalue weighted by atomic mass is 10.1. The molecule has 3 rings (SSSR count). The molecule has 1 aliphatic rings. The van der Waals surface area contributed by atoms with Crippen LogP contribution in [0.2, 0.25) is 0 Å². The number of nitrogens with one attached hydrogen (secondary N) is 3. The highest BCUT2D eigenvalue weighted by atomic mass is 16.3. The summed E-state index contributed by atoms with van der Waals surface area (Å²) in [5, 5.41) is 18.3. The average Bonchev–Trinajstić information content (AvgIpc) is 2.91. The highest BCUT2D eigenvalue weighted by Gasteiger charge is 2.31. The molecule has 0 heterocycles. The molecule has 3 amide bonds. The Hall–Kier alpha value is -2.86. The second-order valence-electron chi connectivity index (χ2n) is 6.01. The van der Waals surface area contributed by atoms with Gasteiger partial charge in [-0.1, -0.05) is 42.5 Å². The Labute approximate surface area is 146 Å². The number of carbonyl (C=O) groups is 2. The highest BCUT2D eigenvalue weighted by molar-refractivity contribution is 5.91.